The molecule has 0 saturated heterocycles. The van der Waals surface area contributed by atoms with Gasteiger partial charge in [-0.3, -0.25) is 4.79 Å². The summed E-state index contributed by atoms with van der Waals surface area (Å²) in [5.74, 6) is -4.22. The quantitative estimate of drug-likeness (QED) is 0.808. The van der Waals surface area contributed by atoms with Crippen LogP contribution in [0.15, 0.2) is 59.5 Å². The van der Waals surface area contributed by atoms with Crippen LogP contribution in [0.25, 0.3) is 6.08 Å². The van der Waals surface area contributed by atoms with Gasteiger partial charge in [0.15, 0.2) is 0 Å². The maximum absolute atomic E-state index is 12.7. The monoisotopic (exact) mass is 371 g/mol. The van der Waals surface area contributed by atoms with Gasteiger partial charge in [0.2, 0.25) is 15.7 Å². The maximum Gasteiger partial charge on any atom is 0.341 e. The predicted octanol–water partition coefficient (Wildman–Crippen LogP) is 3.99. The van der Waals surface area contributed by atoms with Gasteiger partial charge in [-0.1, -0.05) is 35.9 Å². The molecule has 126 valence electrons. The predicted molar refractivity (Wildman–Crippen MR) is 88.7 cm³/mol. The van der Waals surface area contributed by atoms with E-state index in [-0.39, 0.29) is 5.69 Å². The van der Waals surface area contributed by atoms with Crippen LogP contribution < -0.4 is 5.32 Å². The number of benzene rings is 2. The zero-order valence-corrected chi connectivity index (χ0v) is 13.7. The molecule has 2 rings (SSSR count). The molecule has 0 aliphatic heterocycles. The molecule has 1 amide bonds. The largest absolute Gasteiger partial charge is 0.341 e. The van der Waals surface area contributed by atoms with Gasteiger partial charge in [-0.15, -0.1) is 0 Å². The van der Waals surface area contributed by atoms with Crippen LogP contribution in [-0.2, 0) is 14.6 Å². The first-order chi connectivity index (χ1) is 11.3. The molecule has 0 bridgehead atoms. The summed E-state index contributed by atoms with van der Waals surface area (Å²) in [7, 11) is -4.81. The van der Waals surface area contributed by atoms with Crippen molar-refractivity contribution < 1.29 is 22.0 Å². The Kier molecular flexibility index (Phi) is 5.69. The molecule has 4 nitrogen and oxygen atoms in total. The molecule has 0 heterocycles. The molecular weight excluding hydrogens is 360 g/mol. The molecule has 0 saturated carbocycles. The molecule has 2 aromatic rings. The Morgan fingerprint density at radius 3 is 2.33 bits per heavy atom. The number of halogens is 3. The van der Waals surface area contributed by atoms with Gasteiger partial charge in [-0.2, -0.15) is 8.78 Å². The van der Waals surface area contributed by atoms with Gasteiger partial charge < -0.3 is 5.32 Å². The number of hydrogen-bond acceptors (Lipinski definition) is 3. The zero-order valence-electron chi connectivity index (χ0n) is 12.1. The number of amides is 1. The normalized spacial score (nSPS) is 11.8. The van der Waals surface area contributed by atoms with Crippen molar-refractivity contribution in [3.8, 4) is 0 Å². The number of anilines is 1. The molecule has 0 aliphatic carbocycles. The van der Waals surface area contributed by atoms with Crippen molar-refractivity contribution in [2.24, 2.45) is 0 Å². The number of para-hydroxylation sites is 1. The molecule has 0 atom stereocenters. The van der Waals surface area contributed by atoms with E-state index in [4.69, 9.17) is 11.6 Å². The van der Waals surface area contributed by atoms with Gasteiger partial charge >= 0.3 is 5.76 Å². The van der Waals surface area contributed by atoms with Crippen LogP contribution in [0.3, 0.4) is 0 Å². The number of sulfone groups is 1. The molecule has 0 fully saturated rings. The minimum Gasteiger partial charge on any atom is -0.321 e. The third-order valence-electron chi connectivity index (χ3n) is 2.98. The second-order valence-corrected chi connectivity index (χ2v) is 7.00. The third kappa shape index (κ3) is 4.39. The smallest absolute Gasteiger partial charge is 0.321 e. The van der Waals surface area contributed by atoms with Crippen molar-refractivity contribution in [3.05, 3.63) is 65.2 Å². The fraction of sp³-hybridized carbons (Fsp3) is 0.0625. The minimum absolute atomic E-state index is 0.205. The van der Waals surface area contributed by atoms with Crippen molar-refractivity contribution in [2.45, 2.75) is 10.7 Å². The summed E-state index contributed by atoms with van der Waals surface area (Å²) in [4.78, 5) is 11.3. The van der Waals surface area contributed by atoms with E-state index in [1.54, 1.807) is 24.3 Å². The van der Waals surface area contributed by atoms with Crippen LogP contribution in [-0.4, -0.2) is 20.1 Å². The first-order valence-corrected chi connectivity index (χ1v) is 8.59. The van der Waals surface area contributed by atoms with Crippen molar-refractivity contribution >= 4 is 39.1 Å². The van der Waals surface area contributed by atoms with Gasteiger partial charge in [0.05, 0.1) is 10.6 Å². The van der Waals surface area contributed by atoms with E-state index in [9.17, 15) is 22.0 Å². The highest BCUT2D eigenvalue weighted by Gasteiger charge is 2.29. The summed E-state index contributed by atoms with van der Waals surface area (Å²) in [6, 6.07) is 11.6. The van der Waals surface area contributed by atoms with E-state index >= 15 is 0 Å². The average Bonchev–Trinajstić information content (AvgIpc) is 2.54. The van der Waals surface area contributed by atoms with Crippen molar-refractivity contribution in [1.82, 2.24) is 0 Å². The highest BCUT2D eigenvalue weighted by Crippen LogP contribution is 2.26. The molecule has 8 heteroatoms. The lowest BCUT2D eigenvalue weighted by molar-refractivity contribution is -0.111. The second-order valence-electron chi connectivity index (χ2n) is 4.68. The molecule has 1 N–H and O–H groups in total. The number of hydrogen-bond donors (Lipinski definition) is 1. The summed E-state index contributed by atoms with van der Waals surface area (Å²) in [5.41, 5.74) is 0.492. The van der Waals surface area contributed by atoms with Gasteiger partial charge in [0.25, 0.3) is 0 Å². The third-order valence-corrected chi connectivity index (χ3v) is 4.67. The number of alkyl halides is 2. The molecular formula is C16H12ClF2NO3S. The number of carbonyl (C=O) groups excluding carboxylic acids is 1. The van der Waals surface area contributed by atoms with E-state index in [1.165, 1.54) is 24.3 Å². The fourth-order valence-electron chi connectivity index (χ4n) is 1.83. The van der Waals surface area contributed by atoms with Crippen LogP contribution in [0.4, 0.5) is 14.5 Å². The second kappa shape index (κ2) is 7.55. The fourth-order valence-corrected chi connectivity index (χ4v) is 2.85. The van der Waals surface area contributed by atoms with Gasteiger partial charge in [-0.25, -0.2) is 8.42 Å². The lowest BCUT2D eigenvalue weighted by Crippen LogP contribution is -2.16. The van der Waals surface area contributed by atoms with E-state index in [1.807, 2.05) is 0 Å². The van der Waals surface area contributed by atoms with E-state index < -0.39 is 26.4 Å². The first-order valence-electron chi connectivity index (χ1n) is 6.66. The summed E-state index contributed by atoms with van der Waals surface area (Å²) in [5, 5.41) is 2.83. The Hall–Kier alpha value is -2.25. The SMILES string of the molecule is O=C(/C=C/c1ccc(Cl)cc1)Nc1ccccc1S(=O)(=O)C(F)F. The standard InChI is InChI=1S/C16H12ClF2NO3S/c17-12-8-5-11(6-9-12)7-10-15(21)20-13-3-1-2-4-14(13)24(22,23)16(18)19/h1-10,16H,(H,20,21)/b10-7+. The topological polar surface area (TPSA) is 63.2 Å². The van der Waals surface area contributed by atoms with Crippen molar-refractivity contribution in [3.63, 3.8) is 0 Å². The van der Waals surface area contributed by atoms with Crippen LogP contribution in [0.1, 0.15) is 5.56 Å². The van der Waals surface area contributed by atoms with Gasteiger partial charge in [0, 0.05) is 11.1 Å². The number of rotatable bonds is 5. The van der Waals surface area contributed by atoms with Crippen molar-refractivity contribution in [2.75, 3.05) is 5.32 Å². The Morgan fingerprint density at radius 2 is 1.71 bits per heavy atom. The van der Waals surface area contributed by atoms with Gasteiger partial charge in [-0.05, 0) is 35.9 Å². The maximum atomic E-state index is 12.7. The van der Waals surface area contributed by atoms with Gasteiger partial charge in [0.1, 0.15) is 0 Å². The Labute approximate surface area is 142 Å². The van der Waals surface area contributed by atoms with E-state index in [2.05, 4.69) is 5.32 Å². The van der Waals surface area contributed by atoms with E-state index in [0.717, 1.165) is 12.1 Å². The van der Waals surface area contributed by atoms with Crippen LogP contribution in [0.5, 0.6) is 0 Å². The average molecular weight is 372 g/mol. The summed E-state index contributed by atoms with van der Waals surface area (Å²) >= 11 is 5.75. The zero-order chi connectivity index (χ0) is 17.7. The lowest BCUT2D eigenvalue weighted by Gasteiger charge is -2.09. The van der Waals surface area contributed by atoms with Crippen molar-refractivity contribution in [1.29, 1.82) is 0 Å². The van der Waals surface area contributed by atoms with Crippen LogP contribution >= 0.6 is 11.6 Å². The lowest BCUT2D eigenvalue weighted by atomic mass is 10.2. The molecule has 0 spiro atoms. The Balaban J connectivity index is 2.19. The molecule has 0 radical (unpaired) electrons. The molecule has 0 unspecified atom stereocenters. The molecule has 2 aromatic carbocycles. The number of nitrogens with one attached hydrogen (secondary N) is 1. The van der Waals surface area contributed by atoms with Crippen LogP contribution in [0, 0.1) is 0 Å². The number of carbonyl (C=O) groups is 1. The molecule has 0 aromatic heterocycles. The van der Waals surface area contributed by atoms with Crippen LogP contribution in [0.2, 0.25) is 5.02 Å². The van der Waals surface area contributed by atoms with E-state index in [0.29, 0.717) is 10.6 Å². The summed E-state index contributed by atoms with van der Waals surface area (Å²) in [6.07, 6.45) is 2.64. The Morgan fingerprint density at radius 1 is 1.08 bits per heavy atom. The highest BCUT2D eigenvalue weighted by molar-refractivity contribution is 7.91. The minimum atomic E-state index is -4.81. The molecule has 24 heavy (non-hydrogen) atoms. The first kappa shape index (κ1) is 18.1. The molecule has 0 aliphatic rings. The summed E-state index contributed by atoms with van der Waals surface area (Å²) in [6.45, 7) is 0. The Bertz CT molecular complexity index is 865. The highest BCUT2D eigenvalue weighted by atomic mass is 35.5. The summed E-state index contributed by atoms with van der Waals surface area (Å²) < 4.78 is 48.6.